The van der Waals surface area contributed by atoms with E-state index in [1.165, 1.54) is 11.1 Å². The van der Waals surface area contributed by atoms with Crippen LogP contribution in [0.4, 0.5) is 0 Å². The van der Waals surface area contributed by atoms with Crippen molar-refractivity contribution in [3.63, 3.8) is 0 Å². The molecule has 0 nitrogen and oxygen atoms in total. The van der Waals surface area contributed by atoms with Crippen molar-refractivity contribution in [2.75, 3.05) is 0 Å². The van der Waals surface area contributed by atoms with Gasteiger partial charge in [0.1, 0.15) is 0 Å². The summed E-state index contributed by atoms with van der Waals surface area (Å²) in [5, 5.41) is 0. The lowest BCUT2D eigenvalue weighted by Gasteiger charge is -1.95. The third-order valence-corrected chi connectivity index (χ3v) is 3.26. The van der Waals surface area contributed by atoms with Crippen LogP contribution in [-0.4, -0.2) is 0 Å². The first-order valence-electron chi connectivity index (χ1n) is 7.87. The molecule has 2 rings (SSSR count). The van der Waals surface area contributed by atoms with Crippen LogP contribution in [0.25, 0.3) is 12.2 Å². The van der Waals surface area contributed by atoms with E-state index in [9.17, 15) is 0 Å². The molecule has 0 aliphatic heterocycles. The number of hydrogen-bond donors (Lipinski definition) is 0. The second kappa shape index (κ2) is 8.70. The highest BCUT2D eigenvalue weighted by molar-refractivity contribution is 5.54. The van der Waals surface area contributed by atoms with Crippen LogP contribution in [0.5, 0.6) is 0 Å². The molecule has 0 heteroatoms. The fourth-order valence-corrected chi connectivity index (χ4v) is 2.01. The Kier molecular flexibility index (Phi) is 6.27. The quantitative estimate of drug-likeness (QED) is 0.611. The lowest BCUT2D eigenvalue weighted by atomic mass is 10.1. The van der Waals surface area contributed by atoms with Crippen LogP contribution in [0.1, 0.15) is 48.9 Å². The van der Waals surface area contributed by atoms with Crippen LogP contribution < -0.4 is 0 Å². The van der Waals surface area contributed by atoms with Gasteiger partial charge in [-0.25, -0.2) is 0 Å². The van der Waals surface area contributed by atoms with E-state index in [1.54, 1.807) is 0 Å². The van der Waals surface area contributed by atoms with Crippen LogP contribution in [-0.2, 0) is 0 Å². The molecular weight excluding hydrogens is 264 g/mol. The van der Waals surface area contributed by atoms with Crippen LogP contribution in [0.2, 0.25) is 0 Å². The summed E-state index contributed by atoms with van der Waals surface area (Å²) >= 11 is 0. The van der Waals surface area contributed by atoms with Crippen molar-refractivity contribution in [2.24, 2.45) is 0 Å². The van der Waals surface area contributed by atoms with Crippen molar-refractivity contribution in [1.29, 1.82) is 0 Å². The second-order valence-electron chi connectivity index (χ2n) is 5.12. The molecular formula is C22H22. The van der Waals surface area contributed by atoms with Crippen LogP contribution in [0, 0.1) is 11.8 Å². The highest BCUT2D eigenvalue weighted by Crippen LogP contribution is 2.08. The lowest BCUT2D eigenvalue weighted by Crippen LogP contribution is -1.78. The Balaban J connectivity index is 2.06. The van der Waals surface area contributed by atoms with Gasteiger partial charge in [-0.3, -0.25) is 0 Å². The van der Waals surface area contributed by atoms with Gasteiger partial charge in [0.15, 0.2) is 0 Å². The molecule has 2 aromatic rings. The molecule has 0 radical (unpaired) electrons. The Bertz CT molecular complexity index is 625. The van der Waals surface area contributed by atoms with E-state index in [0.29, 0.717) is 0 Å². The highest BCUT2D eigenvalue weighted by Gasteiger charge is 1.90. The Morgan fingerprint density at radius 3 is 1.32 bits per heavy atom. The molecule has 0 heterocycles. The molecule has 0 aromatic heterocycles. The molecule has 0 atom stereocenters. The van der Waals surface area contributed by atoms with Crippen molar-refractivity contribution in [3.8, 4) is 11.8 Å². The minimum Gasteiger partial charge on any atom is -0.0842 e. The average Bonchev–Trinajstić information content (AvgIpc) is 2.58. The number of benzene rings is 2. The molecule has 0 aliphatic rings. The van der Waals surface area contributed by atoms with Crippen LogP contribution >= 0.6 is 0 Å². The maximum absolute atomic E-state index is 3.21. The average molecular weight is 286 g/mol. The summed E-state index contributed by atoms with van der Waals surface area (Å²) in [6, 6.07) is 16.7. The van der Waals surface area contributed by atoms with E-state index in [2.05, 4.69) is 98.5 Å². The van der Waals surface area contributed by atoms with E-state index in [-0.39, 0.29) is 0 Å². The normalized spacial score (nSPS) is 10.8. The minimum atomic E-state index is 1.05. The summed E-state index contributed by atoms with van der Waals surface area (Å²) in [7, 11) is 0. The predicted octanol–water partition coefficient (Wildman–Crippen LogP) is 5.93. The summed E-state index contributed by atoms with van der Waals surface area (Å²) < 4.78 is 0. The van der Waals surface area contributed by atoms with Crippen molar-refractivity contribution >= 4 is 12.2 Å². The molecule has 0 fully saturated rings. The van der Waals surface area contributed by atoms with Gasteiger partial charge < -0.3 is 0 Å². The number of hydrogen-bond acceptors (Lipinski definition) is 0. The predicted molar refractivity (Wildman–Crippen MR) is 97.5 cm³/mol. The van der Waals surface area contributed by atoms with Gasteiger partial charge in [0.25, 0.3) is 0 Å². The standard InChI is InChI=1S/C22H22/c1-3-5-7-19-9-13-21(14-10-19)17-18-22-15-11-20(12-16-22)8-6-4-2/h5-16H,3-4H2,1-2H3/b7-5+,8-6+. The van der Waals surface area contributed by atoms with E-state index in [1.807, 2.05) is 0 Å². The van der Waals surface area contributed by atoms with Crippen molar-refractivity contribution in [1.82, 2.24) is 0 Å². The first-order valence-corrected chi connectivity index (χ1v) is 7.87. The Hall–Kier alpha value is -2.52. The maximum atomic E-state index is 3.21. The fraction of sp³-hybridized carbons (Fsp3) is 0.182. The summed E-state index contributed by atoms with van der Waals surface area (Å²) in [5.41, 5.74) is 4.53. The summed E-state index contributed by atoms with van der Waals surface area (Å²) in [4.78, 5) is 0. The first kappa shape index (κ1) is 15.9. The fourth-order valence-electron chi connectivity index (χ4n) is 2.01. The van der Waals surface area contributed by atoms with Gasteiger partial charge in [-0.15, -0.1) is 0 Å². The smallest absolute Gasteiger partial charge is 0.0249 e. The molecule has 0 bridgehead atoms. The zero-order valence-corrected chi connectivity index (χ0v) is 13.3. The van der Waals surface area contributed by atoms with Crippen molar-refractivity contribution in [3.05, 3.63) is 82.9 Å². The molecule has 0 unspecified atom stereocenters. The van der Waals surface area contributed by atoms with Gasteiger partial charge in [0, 0.05) is 11.1 Å². The first-order chi connectivity index (χ1) is 10.8. The van der Waals surface area contributed by atoms with Gasteiger partial charge >= 0.3 is 0 Å². The van der Waals surface area contributed by atoms with Gasteiger partial charge in [-0.2, -0.15) is 0 Å². The van der Waals surface area contributed by atoms with Crippen LogP contribution in [0.15, 0.2) is 60.7 Å². The van der Waals surface area contributed by atoms with E-state index in [0.717, 1.165) is 24.0 Å². The Morgan fingerprint density at radius 2 is 1.00 bits per heavy atom. The lowest BCUT2D eigenvalue weighted by molar-refractivity contribution is 1.23. The molecule has 0 saturated carbocycles. The summed E-state index contributed by atoms with van der Waals surface area (Å²) in [6.07, 6.45) is 10.7. The van der Waals surface area contributed by atoms with E-state index in [4.69, 9.17) is 0 Å². The second-order valence-corrected chi connectivity index (χ2v) is 5.12. The molecule has 2 aromatic carbocycles. The van der Waals surface area contributed by atoms with Crippen molar-refractivity contribution < 1.29 is 0 Å². The SMILES string of the molecule is CC/C=C/c1ccc(C#Cc2ccc(/C=C/CC)cc2)cc1. The third-order valence-electron chi connectivity index (χ3n) is 3.26. The zero-order valence-electron chi connectivity index (χ0n) is 13.3. The molecule has 0 spiro atoms. The van der Waals surface area contributed by atoms with Gasteiger partial charge in [-0.1, -0.05) is 74.3 Å². The summed E-state index contributed by atoms with van der Waals surface area (Å²) in [6.45, 7) is 4.28. The maximum Gasteiger partial charge on any atom is 0.0249 e. The van der Waals surface area contributed by atoms with Gasteiger partial charge in [-0.05, 0) is 48.2 Å². The molecule has 22 heavy (non-hydrogen) atoms. The molecule has 0 amide bonds. The third kappa shape index (κ3) is 5.11. The topological polar surface area (TPSA) is 0 Å². The Morgan fingerprint density at radius 1 is 0.636 bits per heavy atom. The van der Waals surface area contributed by atoms with Crippen LogP contribution in [0.3, 0.4) is 0 Å². The number of allylic oxidation sites excluding steroid dienone is 2. The molecule has 110 valence electrons. The molecule has 0 saturated heterocycles. The summed E-state index contributed by atoms with van der Waals surface area (Å²) in [5.74, 6) is 6.43. The van der Waals surface area contributed by atoms with E-state index >= 15 is 0 Å². The van der Waals surface area contributed by atoms with E-state index < -0.39 is 0 Å². The van der Waals surface area contributed by atoms with Crippen molar-refractivity contribution in [2.45, 2.75) is 26.7 Å². The van der Waals surface area contributed by atoms with Gasteiger partial charge in [0.05, 0.1) is 0 Å². The van der Waals surface area contributed by atoms with Gasteiger partial charge in [0.2, 0.25) is 0 Å². The molecule has 0 N–H and O–H groups in total. The largest absolute Gasteiger partial charge is 0.0842 e. The zero-order chi connectivity index (χ0) is 15.6. The highest BCUT2D eigenvalue weighted by atomic mass is 13.9. The number of rotatable bonds is 4. The molecule has 0 aliphatic carbocycles. The minimum absolute atomic E-state index is 1.05. The monoisotopic (exact) mass is 286 g/mol. The Labute approximate surface area is 134 Å².